The minimum absolute atomic E-state index is 0.217. The van der Waals surface area contributed by atoms with E-state index in [4.69, 9.17) is 0 Å². The summed E-state index contributed by atoms with van der Waals surface area (Å²) in [5, 5.41) is 9.23. The Labute approximate surface area is 486 Å². The smallest absolute Gasteiger partial charge is 0.147 e. The molecule has 0 heterocycles. The van der Waals surface area contributed by atoms with Gasteiger partial charge in [0.1, 0.15) is 11.6 Å². The Balaban J connectivity index is 0.861. The zero-order valence-electron chi connectivity index (χ0n) is 45.7. The van der Waals surface area contributed by atoms with Gasteiger partial charge in [0.25, 0.3) is 0 Å². The van der Waals surface area contributed by atoms with Crippen LogP contribution in [0.1, 0.15) is 0 Å². The Hall–Kier alpha value is -10.7. The summed E-state index contributed by atoms with van der Waals surface area (Å²) in [7, 11) is 0. The fraction of sp³-hybridized carbons (Fsp3) is 0.0250. The highest BCUT2D eigenvalue weighted by atomic mass is 19.1. The number of allylic oxidation sites excluding steroid dienone is 10. The van der Waals surface area contributed by atoms with Crippen LogP contribution in [0.25, 0.3) is 87.6 Å². The molecule has 4 aliphatic carbocycles. The minimum Gasteiger partial charge on any atom is -0.327 e. The summed E-state index contributed by atoms with van der Waals surface area (Å²) in [5.41, 5.74) is 17.3. The van der Waals surface area contributed by atoms with Gasteiger partial charge in [-0.25, -0.2) is 8.78 Å². The number of anilines is 4. The third-order valence-electron chi connectivity index (χ3n) is 17.5. The highest BCUT2D eigenvalue weighted by Gasteiger charge is 2.41. The first-order valence-electron chi connectivity index (χ1n) is 28.7. The number of halogens is 2. The standard InChI is InChI=1S/C80H52F2N2/c81-71-21-9-11-23-77(71)83(75-43-37-63(61-29-25-51-13-1-5-17-57(51)45-61)49-69(75)65-31-27-53-15-3-7-19-59(53)47-65)73-41-35-55-34-40-68-74(42-36-56-33-39-67(73)79(55)80(56)68)84(78-24-12-10-22-72(78)82)76-44-38-64(62-30-26-52-14-2-6-18-58(52)46-62)50-70(76)66-32-28-54-16-4-8-20-60(54)48-66/h1-50,73,80H. The molecule has 396 valence electrons. The molecule has 0 spiro atoms. The van der Waals surface area contributed by atoms with Gasteiger partial charge in [0.2, 0.25) is 0 Å². The number of benzene rings is 12. The van der Waals surface area contributed by atoms with Crippen molar-refractivity contribution in [3.05, 3.63) is 349 Å². The van der Waals surface area contributed by atoms with E-state index in [0.29, 0.717) is 11.4 Å². The van der Waals surface area contributed by atoms with E-state index in [1.807, 2.05) is 24.3 Å². The maximum atomic E-state index is 17.1. The van der Waals surface area contributed by atoms with Gasteiger partial charge >= 0.3 is 0 Å². The average Bonchev–Trinajstić information content (AvgIpc) is 3.57. The molecule has 0 radical (unpaired) electrons. The molecule has 4 aliphatic rings. The van der Waals surface area contributed by atoms with Crippen molar-refractivity contribution in [2.75, 3.05) is 9.80 Å². The van der Waals surface area contributed by atoms with E-state index in [1.54, 1.807) is 24.3 Å². The van der Waals surface area contributed by atoms with E-state index < -0.39 is 6.04 Å². The van der Waals surface area contributed by atoms with Crippen molar-refractivity contribution in [2.45, 2.75) is 6.04 Å². The summed E-state index contributed by atoms with van der Waals surface area (Å²) in [6, 6.07) is 87.4. The number of fused-ring (bicyclic) bond motifs is 4. The van der Waals surface area contributed by atoms with E-state index in [-0.39, 0.29) is 17.6 Å². The molecule has 2 atom stereocenters. The Bertz CT molecular complexity index is 4970. The lowest BCUT2D eigenvalue weighted by molar-refractivity contribution is 0.622. The molecule has 12 aromatic carbocycles. The summed E-state index contributed by atoms with van der Waals surface area (Å²) in [6.45, 7) is 0. The molecule has 2 nitrogen and oxygen atoms in total. The highest BCUT2D eigenvalue weighted by molar-refractivity contribution is 5.98. The summed E-state index contributed by atoms with van der Waals surface area (Å²) < 4.78 is 34.2. The summed E-state index contributed by atoms with van der Waals surface area (Å²) in [4.78, 5) is 4.34. The van der Waals surface area contributed by atoms with Gasteiger partial charge in [-0.05, 0) is 183 Å². The molecular formula is C80H52F2N2. The Kier molecular flexibility index (Phi) is 11.8. The fourth-order valence-electron chi connectivity index (χ4n) is 13.4. The first-order chi connectivity index (χ1) is 41.5. The minimum atomic E-state index is -0.434. The van der Waals surface area contributed by atoms with E-state index in [0.717, 1.165) is 111 Å². The Morgan fingerprint density at radius 3 is 1.31 bits per heavy atom. The van der Waals surface area contributed by atoms with Crippen molar-refractivity contribution < 1.29 is 8.78 Å². The summed E-state index contributed by atoms with van der Waals surface area (Å²) >= 11 is 0. The fourth-order valence-corrected chi connectivity index (χ4v) is 13.4. The number of nitrogens with zero attached hydrogens (tertiary/aromatic N) is 2. The molecule has 0 saturated heterocycles. The first kappa shape index (κ1) is 49.2. The molecule has 84 heavy (non-hydrogen) atoms. The molecule has 0 aliphatic heterocycles. The van der Waals surface area contributed by atoms with E-state index in [9.17, 15) is 0 Å². The van der Waals surface area contributed by atoms with Crippen LogP contribution in [0.5, 0.6) is 0 Å². The van der Waals surface area contributed by atoms with Gasteiger partial charge in [0.05, 0.1) is 28.8 Å². The molecule has 12 aromatic rings. The maximum absolute atomic E-state index is 17.1. The first-order valence-corrected chi connectivity index (χ1v) is 28.7. The molecular weight excluding hydrogens is 1030 g/mol. The van der Waals surface area contributed by atoms with E-state index in [1.165, 1.54) is 21.5 Å². The van der Waals surface area contributed by atoms with Gasteiger partial charge in [-0.2, -0.15) is 0 Å². The van der Waals surface area contributed by atoms with Gasteiger partial charge < -0.3 is 9.80 Å². The second-order valence-corrected chi connectivity index (χ2v) is 22.2. The lowest BCUT2D eigenvalue weighted by Crippen LogP contribution is -2.38. The molecule has 0 amide bonds. The second-order valence-electron chi connectivity index (χ2n) is 22.2. The van der Waals surface area contributed by atoms with Crippen LogP contribution in [0.2, 0.25) is 0 Å². The van der Waals surface area contributed by atoms with Gasteiger partial charge in [0.15, 0.2) is 0 Å². The van der Waals surface area contributed by atoms with Crippen LogP contribution in [0, 0.1) is 17.6 Å². The molecule has 0 saturated carbocycles. The lowest BCUT2D eigenvalue weighted by Gasteiger charge is -2.44. The monoisotopic (exact) mass is 1080 g/mol. The van der Waals surface area contributed by atoms with Crippen molar-refractivity contribution in [3.8, 4) is 44.5 Å². The molecule has 0 bridgehead atoms. The van der Waals surface area contributed by atoms with Crippen LogP contribution < -0.4 is 9.80 Å². The zero-order chi connectivity index (χ0) is 55.8. The largest absolute Gasteiger partial charge is 0.327 e. The second kappa shape index (κ2) is 20.1. The number of rotatable bonds is 10. The SMILES string of the molecule is Fc1ccccc1N(C1=C2C=CC3=C4C(=CC=C(C=C1)C24)C(N(c1ccccc1F)c1ccc(-c2ccc4ccccc4c2)cc1-c1ccc2ccccc2c1)C=C3)c1ccc(-c2ccc3ccccc3c2)cc1-c1ccc2ccccc2c1. The van der Waals surface area contributed by atoms with Crippen molar-refractivity contribution in [1.29, 1.82) is 0 Å². The van der Waals surface area contributed by atoms with Gasteiger partial charge in [-0.3, -0.25) is 0 Å². The highest BCUT2D eigenvalue weighted by Crippen LogP contribution is 2.54. The van der Waals surface area contributed by atoms with Crippen LogP contribution in [0.3, 0.4) is 0 Å². The zero-order valence-corrected chi connectivity index (χ0v) is 45.7. The predicted octanol–water partition coefficient (Wildman–Crippen LogP) is 21.3. The third-order valence-corrected chi connectivity index (χ3v) is 17.5. The summed E-state index contributed by atoms with van der Waals surface area (Å²) in [6.07, 6.45) is 17.7. The normalized spacial score (nSPS) is 15.9. The molecule has 4 heteroatoms. The van der Waals surface area contributed by atoms with Crippen LogP contribution in [-0.2, 0) is 0 Å². The van der Waals surface area contributed by atoms with Crippen LogP contribution in [0.4, 0.5) is 31.5 Å². The van der Waals surface area contributed by atoms with E-state index in [2.05, 4.69) is 265 Å². The summed E-state index contributed by atoms with van der Waals surface area (Å²) in [5.74, 6) is -0.865. The van der Waals surface area contributed by atoms with Crippen LogP contribution in [0.15, 0.2) is 337 Å². The average molecular weight is 1080 g/mol. The van der Waals surface area contributed by atoms with E-state index >= 15 is 8.78 Å². The third kappa shape index (κ3) is 8.37. The Morgan fingerprint density at radius 1 is 0.321 bits per heavy atom. The topological polar surface area (TPSA) is 6.48 Å². The van der Waals surface area contributed by atoms with Crippen molar-refractivity contribution in [3.63, 3.8) is 0 Å². The quantitative estimate of drug-likeness (QED) is 0.135. The predicted molar refractivity (Wildman–Crippen MR) is 347 cm³/mol. The van der Waals surface area contributed by atoms with Gasteiger partial charge in [-0.1, -0.05) is 225 Å². The lowest BCUT2D eigenvalue weighted by atomic mass is 9.67. The molecule has 2 unspecified atom stereocenters. The van der Waals surface area contributed by atoms with Crippen molar-refractivity contribution in [1.82, 2.24) is 0 Å². The molecule has 0 fully saturated rings. The van der Waals surface area contributed by atoms with Gasteiger partial charge in [0, 0.05) is 22.7 Å². The molecule has 16 rings (SSSR count). The maximum Gasteiger partial charge on any atom is 0.147 e. The molecule has 0 N–H and O–H groups in total. The van der Waals surface area contributed by atoms with Crippen LogP contribution >= 0.6 is 0 Å². The van der Waals surface area contributed by atoms with Crippen molar-refractivity contribution in [2.24, 2.45) is 5.92 Å². The van der Waals surface area contributed by atoms with Crippen molar-refractivity contribution >= 4 is 65.8 Å². The van der Waals surface area contributed by atoms with Gasteiger partial charge in [-0.15, -0.1) is 0 Å². The number of hydrogen-bond donors (Lipinski definition) is 0. The van der Waals surface area contributed by atoms with Crippen LogP contribution in [-0.4, -0.2) is 6.04 Å². The number of hydrogen-bond acceptors (Lipinski definition) is 2. The number of para-hydroxylation sites is 2. The molecule has 0 aromatic heterocycles. The Morgan fingerprint density at radius 2 is 0.762 bits per heavy atom.